The van der Waals surface area contributed by atoms with Crippen LogP contribution in [-0.4, -0.2) is 29.4 Å². The number of ketones is 1. The zero-order valence-electron chi connectivity index (χ0n) is 9.76. The number of likely N-dealkylation sites (tertiary alicyclic amines) is 1. The van der Waals surface area contributed by atoms with Crippen LogP contribution in [0.2, 0.25) is 0 Å². The van der Waals surface area contributed by atoms with Gasteiger partial charge in [0.1, 0.15) is 6.61 Å². The number of nitrogens with zero attached hydrogens (tertiary/aromatic N) is 1. The molecule has 4 nitrogen and oxygen atoms in total. The molecular weight excluding hydrogens is 218 g/mol. The van der Waals surface area contributed by atoms with Gasteiger partial charge in [-0.1, -0.05) is 30.3 Å². The third-order valence-electron chi connectivity index (χ3n) is 2.93. The van der Waals surface area contributed by atoms with Gasteiger partial charge in [0.2, 0.25) is 0 Å². The molecule has 17 heavy (non-hydrogen) atoms. The van der Waals surface area contributed by atoms with Crippen LogP contribution in [0.1, 0.15) is 18.9 Å². The van der Waals surface area contributed by atoms with Crippen LogP contribution in [0.4, 0.5) is 4.79 Å². The van der Waals surface area contributed by atoms with Gasteiger partial charge in [0, 0.05) is 6.54 Å². The van der Waals surface area contributed by atoms with E-state index in [4.69, 9.17) is 4.74 Å². The molecule has 0 aromatic heterocycles. The van der Waals surface area contributed by atoms with Gasteiger partial charge in [-0.3, -0.25) is 9.69 Å². The molecule has 0 spiro atoms. The third-order valence-corrected chi connectivity index (χ3v) is 2.93. The number of amides is 1. The number of rotatable bonds is 3. The van der Waals surface area contributed by atoms with Gasteiger partial charge in [0.25, 0.3) is 0 Å². The van der Waals surface area contributed by atoms with E-state index in [1.165, 1.54) is 11.8 Å². The van der Waals surface area contributed by atoms with E-state index in [2.05, 4.69) is 0 Å². The highest BCUT2D eigenvalue weighted by Gasteiger charge is 2.36. The number of hydrogen-bond acceptors (Lipinski definition) is 3. The minimum Gasteiger partial charge on any atom is -0.445 e. The van der Waals surface area contributed by atoms with Crippen molar-refractivity contribution in [2.75, 3.05) is 6.54 Å². The van der Waals surface area contributed by atoms with Gasteiger partial charge in [-0.15, -0.1) is 0 Å². The summed E-state index contributed by atoms with van der Waals surface area (Å²) in [6.45, 7) is 2.36. The predicted octanol–water partition coefficient (Wildman–Crippen LogP) is 1.99. The highest BCUT2D eigenvalue weighted by molar-refractivity contribution is 5.86. The number of carbonyl (C=O) groups is 2. The van der Waals surface area contributed by atoms with Crippen molar-refractivity contribution in [1.29, 1.82) is 0 Å². The SMILES string of the molecule is CC(=O)C1CCN1C(=O)OCc1ccccc1. The van der Waals surface area contributed by atoms with Crippen LogP contribution in [0.15, 0.2) is 30.3 Å². The second-order valence-corrected chi connectivity index (χ2v) is 4.15. The van der Waals surface area contributed by atoms with E-state index in [0.29, 0.717) is 6.54 Å². The average molecular weight is 233 g/mol. The van der Waals surface area contributed by atoms with Crippen molar-refractivity contribution in [2.24, 2.45) is 0 Å². The lowest BCUT2D eigenvalue weighted by atomic mass is 10.0. The summed E-state index contributed by atoms with van der Waals surface area (Å²) >= 11 is 0. The fraction of sp³-hybridized carbons (Fsp3) is 0.385. The normalized spacial score (nSPS) is 18.4. The van der Waals surface area contributed by atoms with Crippen LogP contribution in [0.25, 0.3) is 0 Å². The summed E-state index contributed by atoms with van der Waals surface area (Å²) in [6.07, 6.45) is 0.343. The number of hydrogen-bond donors (Lipinski definition) is 0. The first-order chi connectivity index (χ1) is 8.18. The lowest BCUT2D eigenvalue weighted by molar-refractivity contribution is -0.125. The van der Waals surface area contributed by atoms with Gasteiger partial charge < -0.3 is 4.74 Å². The van der Waals surface area contributed by atoms with E-state index < -0.39 is 6.09 Å². The molecule has 2 rings (SSSR count). The first-order valence-corrected chi connectivity index (χ1v) is 5.66. The highest BCUT2D eigenvalue weighted by Crippen LogP contribution is 2.19. The Balaban J connectivity index is 1.84. The molecule has 1 aromatic rings. The topological polar surface area (TPSA) is 46.6 Å². The molecule has 4 heteroatoms. The number of Topliss-reactive ketones (excluding diaryl/α,β-unsaturated/α-hetero) is 1. The molecule has 1 saturated heterocycles. The molecule has 1 fully saturated rings. The molecule has 0 saturated carbocycles. The minimum absolute atomic E-state index is 0.0212. The van der Waals surface area contributed by atoms with E-state index in [1.54, 1.807) is 0 Å². The van der Waals surface area contributed by atoms with E-state index in [9.17, 15) is 9.59 Å². The molecule has 1 aliphatic heterocycles. The van der Waals surface area contributed by atoms with Crippen molar-refractivity contribution < 1.29 is 14.3 Å². The van der Waals surface area contributed by atoms with Gasteiger partial charge in [0.15, 0.2) is 5.78 Å². The van der Waals surface area contributed by atoms with Gasteiger partial charge in [-0.05, 0) is 18.9 Å². The summed E-state index contributed by atoms with van der Waals surface area (Å²) in [7, 11) is 0. The Bertz CT molecular complexity index is 416. The van der Waals surface area contributed by atoms with E-state index in [1.807, 2.05) is 30.3 Å². The molecular formula is C13H15NO3. The molecule has 1 atom stereocenters. The Kier molecular flexibility index (Phi) is 3.42. The molecule has 0 N–H and O–H groups in total. The van der Waals surface area contributed by atoms with Crippen molar-refractivity contribution in [3.63, 3.8) is 0 Å². The summed E-state index contributed by atoms with van der Waals surface area (Å²) in [4.78, 5) is 24.3. The lowest BCUT2D eigenvalue weighted by Gasteiger charge is -2.38. The van der Waals surface area contributed by atoms with Gasteiger partial charge in [-0.25, -0.2) is 4.79 Å². The zero-order chi connectivity index (χ0) is 12.3. The number of benzene rings is 1. The second-order valence-electron chi connectivity index (χ2n) is 4.15. The van der Waals surface area contributed by atoms with Crippen molar-refractivity contribution in [2.45, 2.75) is 26.0 Å². The molecule has 0 aliphatic carbocycles. The molecule has 1 heterocycles. The summed E-state index contributed by atoms with van der Waals surface area (Å²) in [5, 5.41) is 0. The average Bonchev–Trinajstić information content (AvgIpc) is 2.25. The molecule has 90 valence electrons. The van der Waals surface area contributed by atoms with Gasteiger partial charge >= 0.3 is 6.09 Å². The van der Waals surface area contributed by atoms with Crippen molar-refractivity contribution in [3.05, 3.63) is 35.9 Å². The molecule has 1 aliphatic rings. The quantitative estimate of drug-likeness (QED) is 0.802. The van der Waals surface area contributed by atoms with E-state index in [0.717, 1.165) is 12.0 Å². The Labute approximate surface area is 100 Å². The largest absolute Gasteiger partial charge is 0.445 e. The number of ether oxygens (including phenoxy) is 1. The molecule has 1 aromatic carbocycles. The molecule has 1 unspecified atom stereocenters. The first-order valence-electron chi connectivity index (χ1n) is 5.66. The zero-order valence-corrected chi connectivity index (χ0v) is 9.76. The summed E-state index contributed by atoms with van der Waals surface area (Å²) in [5.41, 5.74) is 0.945. The van der Waals surface area contributed by atoms with Crippen molar-refractivity contribution in [1.82, 2.24) is 4.90 Å². The van der Waals surface area contributed by atoms with Crippen LogP contribution in [0.3, 0.4) is 0 Å². The highest BCUT2D eigenvalue weighted by atomic mass is 16.6. The van der Waals surface area contributed by atoms with Crippen LogP contribution >= 0.6 is 0 Å². The standard InChI is InChI=1S/C13H15NO3/c1-10(15)12-7-8-14(12)13(16)17-9-11-5-3-2-4-6-11/h2-6,12H,7-9H2,1H3. The van der Waals surface area contributed by atoms with E-state index >= 15 is 0 Å². The summed E-state index contributed by atoms with van der Waals surface area (Å²) < 4.78 is 5.15. The van der Waals surface area contributed by atoms with Crippen LogP contribution in [0.5, 0.6) is 0 Å². The monoisotopic (exact) mass is 233 g/mol. The Hall–Kier alpha value is -1.84. The summed E-state index contributed by atoms with van der Waals surface area (Å²) in [6, 6.07) is 9.21. The number of carbonyl (C=O) groups excluding carboxylic acids is 2. The lowest BCUT2D eigenvalue weighted by Crippen LogP contribution is -2.54. The third kappa shape index (κ3) is 2.64. The Morgan fingerprint density at radius 2 is 2.06 bits per heavy atom. The first kappa shape index (κ1) is 11.6. The van der Waals surface area contributed by atoms with Gasteiger partial charge in [-0.2, -0.15) is 0 Å². The Morgan fingerprint density at radius 1 is 1.35 bits per heavy atom. The predicted molar refractivity (Wildman–Crippen MR) is 62.4 cm³/mol. The van der Waals surface area contributed by atoms with E-state index in [-0.39, 0.29) is 18.4 Å². The minimum atomic E-state index is -0.402. The fourth-order valence-corrected chi connectivity index (χ4v) is 1.83. The second kappa shape index (κ2) is 4.99. The Morgan fingerprint density at radius 3 is 2.59 bits per heavy atom. The fourth-order valence-electron chi connectivity index (χ4n) is 1.83. The summed E-state index contributed by atoms with van der Waals surface area (Å²) in [5.74, 6) is 0.0212. The van der Waals surface area contributed by atoms with Crippen molar-refractivity contribution in [3.8, 4) is 0 Å². The van der Waals surface area contributed by atoms with Gasteiger partial charge in [0.05, 0.1) is 6.04 Å². The van der Waals surface area contributed by atoms with Crippen molar-refractivity contribution >= 4 is 11.9 Å². The van der Waals surface area contributed by atoms with Crippen LogP contribution < -0.4 is 0 Å². The maximum absolute atomic E-state index is 11.7. The maximum atomic E-state index is 11.7. The van der Waals surface area contributed by atoms with Crippen LogP contribution in [-0.2, 0) is 16.1 Å². The molecule has 0 bridgehead atoms. The molecule has 0 radical (unpaired) electrons. The maximum Gasteiger partial charge on any atom is 0.410 e. The molecule has 1 amide bonds. The smallest absolute Gasteiger partial charge is 0.410 e. The van der Waals surface area contributed by atoms with Crippen LogP contribution in [0, 0.1) is 0 Å².